The third kappa shape index (κ3) is 3.34. The molecule has 0 aliphatic rings. The van der Waals surface area contributed by atoms with Gasteiger partial charge in [0.05, 0.1) is 0 Å². The molecule has 116 valence electrons. The fourth-order valence-corrected chi connectivity index (χ4v) is 3.41. The summed E-state index contributed by atoms with van der Waals surface area (Å²) in [7, 11) is 3.28. The van der Waals surface area contributed by atoms with E-state index in [0.29, 0.717) is 19.4 Å². The van der Waals surface area contributed by atoms with E-state index in [1.54, 1.807) is 12.1 Å². The van der Waals surface area contributed by atoms with Crippen LogP contribution >= 0.6 is 17.2 Å². The Morgan fingerprint density at radius 1 is 0.696 bits per heavy atom. The third-order valence-electron chi connectivity index (χ3n) is 3.81. The molecular weight excluding hydrogens is 328 g/mol. The van der Waals surface area contributed by atoms with Crippen molar-refractivity contribution in [2.24, 2.45) is 0 Å². The molecule has 0 N–H and O–H groups in total. The Balaban J connectivity index is 2.04. The van der Waals surface area contributed by atoms with E-state index >= 15 is 0 Å². The van der Waals surface area contributed by atoms with Crippen LogP contribution < -0.4 is 5.30 Å². The predicted molar refractivity (Wildman–Crippen MR) is 99.6 cm³/mol. The maximum Gasteiger partial charge on any atom is 0.167 e. The fraction of sp³-hybridized carbons (Fsp3) is 0.0526. The first kappa shape index (κ1) is 16.2. The first-order valence-corrected chi connectivity index (χ1v) is 10.0. The normalized spacial score (nSPS) is 11.3. The fourth-order valence-electron chi connectivity index (χ4n) is 2.47. The molecule has 0 bridgehead atoms. The zero-order valence-corrected chi connectivity index (χ0v) is 14.8. The highest BCUT2D eigenvalue weighted by atomic mass is 32.0. The molecule has 4 heteroatoms. The second kappa shape index (κ2) is 6.87. The lowest BCUT2D eigenvalue weighted by Crippen LogP contribution is -1.96. The van der Waals surface area contributed by atoms with Crippen LogP contribution in [0.5, 0.6) is 0 Å². The molecule has 0 amide bonds. The molecular formula is C19H16F2P2. The smallest absolute Gasteiger partial charge is 0.167 e. The van der Waals surface area contributed by atoms with E-state index in [1.807, 2.05) is 55.5 Å². The van der Waals surface area contributed by atoms with Crippen LogP contribution in [0.4, 0.5) is 8.78 Å². The van der Waals surface area contributed by atoms with Crippen LogP contribution in [0.3, 0.4) is 0 Å². The van der Waals surface area contributed by atoms with Gasteiger partial charge in [0, 0.05) is 11.1 Å². The molecule has 0 saturated heterocycles. The van der Waals surface area contributed by atoms with Crippen LogP contribution in [-0.2, 0) is 0 Å². The summed E-state index contributed by atoms with van der Waals surface area (Å²) in [6, 6.07) is 18.2. The number of hydrogen-bond donors (Lipinski definition) is 0. The van der Waals surface area contributed by atoms with Crippen molar-refractivity contribution >= 4 is 22.5 Å². The minimum absolute atomic E-state index is 0.286. The predicted octanol–water partition coefficient (Wildman–Crippen LogP) is 5.70. The molecule has 0 saturated carbocycles. The zero-order chi connectivity index (χ0) is 16.4. The summed E-state index contributed by atoms with van der Waals surface area (Å²) in [4.78, 5) is 0. The zero-order valence-electron chi connectivity index (χ0n) is 12.6. The van der Waals surface area contributed by atoms with Gasteiger partial charge in [0.1, 0.15) is 0 Å². The summed E-state index contributed by atoms with van der Waals surface area (Å²) in [6.45, 7) is 1.96. The molecule has 3 aromatic rings. The first-order chi connectivity index (χ1) is 11.1. The maximum atomic E-state index is 14.5. The minimum atomic E-state index is -0.802. The van der Waals surface area contributed by atoms with Crippen molar-refractivity contribution < 1.29 is 8.78 Å². The van der Waals surface area contributed by atoms with Gasteiger partial charge in [0.25, 0.3) is 0 Å². The summed E-state index contributed by atoms with van der Waals surface area (Å²) in [5.74, 6) is -1.60. The summed E-state index contributed by atoms with van der Waals surface area (Å²) in [5, 5.41) is 1.16. The van der Waals surface area contributed by atoms with Gasteiger partial charge in [-0.15, -0.1) is 8.93 Å². The second-order valence-corrected chi connectivity index (χ2v) is 7.11. The largest absolute Gasteiger partial charge is 0.203 e. The van der Waals surface area contributed by atoms with Gasteiger partial charge in [-0.25, -0.2) is 8.78 Å². The van der Waals surface area contributed by atoms with Crippen LogP contribution in [0.2, 0.25) is 0 Å². The van der Waals surface area contributed by atoms with E-state index < -0.39 is 11.6 Å². The molecule has 0 fully saturated rings. The summed E-state index contributed by atoms with van der Waals surface area (Å²) in [5.41, 5.74) is 3.02. The molecule has 0 aliphatic heterocycles. The maximum absolute atomic E-state index is 14.5. The van der Waals surface area contributed by atoms with Gasteiger partial charge >= 0.3 is 0 Å². The molecule has 0 heterocycles. The molecule has 2 unspecified atom stereocenters. The monoisotopic (exact) mass is 344 g/mol. The van der Waals surface area contributed by atoms with Gasteiger partial charge in [-0.2, -0.15) is 0 Å². The number of benzene rings is 3. The summed E-state index contributed by atoms with van der Waals surface area (Å²) >= 11 is 0. The van der Waals surface area contributed by atoms with Gasteiger partial charge < -0.3 is 0 Å². The Morgan fingerprint density at radius 2 is 1.13 bits per heavy atom. The highest BCUT2D eigenvalue weighted by Crippen LogP contribution is 2.32. The number of hydrogen-bond acceptors (Lipinski definition) is 0. The summed E-state index contributed by atoms with van der Waals surface area (Å²) < 4.78 is 29.0. The summed E-state index contributed by atoms with van der Waals surface area (Å²) in [6.07, 6.45) is 0. The van der Waals surface area contributed by atoms with Crippen molar-refractivity contribution in [3.8, 4) is 22.3 Å². The quantitative estimate of drug-likeness (QED) is 0.535. The Hall–Kier alpha value is -1.62. The molecule has 0 radical (unpaired) electrons. The third-order valence-corrected chi connectivity index (χ3v) is 5.47. The Labute approximate surface area is 138 Å². The molecule has 0 spiro atoms. The molecule has 0 nitrogen and oxygen atoms in total. The Morgan fingerprint density at radius 3 is 1.57 bits per heavy atom. The number of aryl methyl sites for hydroxylation is 1. The van der Waals surface area contributed by atoms with E-state index in [4.69, 9.17) is 0 Å². The highest BCUT2D eigenvalue weighted by molar-refractivity contribution is 8.06. The van der Waals surface area contributed by atoms with Crippen LogP contribution in [0.15, 0.2) is 60.7 Å². The van der Waals surface area contributed by atoms with Gasteiger partial charge in [0.15, 0.2) is 11.6 Å². The second-order valence-electron chi connectivity index (χ2n) is 5.38. The van der Waals surface area contributed by atoms with Gasteiger partial charge in [-0.3, -0.25) is 0 Å². The topological polar surface area (TPSA) is 0 Å². The van der Waals surface area contributed by atoms with Crippen molar-refractivity contribution in [1.29, 1.82) is 0 Å². The lowest BCUT2D eigenvalue weighted by molar-refractivity contribution is 0.514. The van der Waals surface area contributed by atoms with Crippen molar-refractivity contribution in [3.63, 3.8) is 0 Å². The Kier molecular flexibility index (Phi) is 4.85. The SMILES string of the molecule is Cc1ccc(-c2ccc(-c3ccc(PP)cc3)c(F)c2F)cc1. The lowest BCUT2D eigenvalue weighted by atomic mass is 9.98. The standard InChI is InChI=1S/C19H16F2P2/c1-12-2-4-13(5-3-12)16-10-11-17(19(21)18(16)20)14-6-8-15(23-22)9-7-14/h2-11,23H,22H2,1H3. The lowest BCUT2D eigenvalue weighted by Gasteiger charge is -2.10. The van der Waals surface area contributed by atoms with Gasteiger partial charge in [-0.05, 0) is 23.4 Å². The van der Waals surface area contributed by atoms with Crippen LogP contribution in [0.25, 0.3) is 22.3 Å². The minimum Gasteiger partial charge on any atom is -0.203 e. The van der Waals surface area contributed by atoms with E-state index in [-0.39, 0.29) is 11.1 Å². The molecule has 3 aromatic carbocycles. The average molecular weight is 344 g/mol. The van der Waals surface area contributed by atoms with E-state index in [2.05, 4.69) is 8.93 Å². The van der Waals surface area contributed by atoms with Crippen molar-refractivity contribution in [2.75, 3.05) is 0 Å². The first-order valence-electron chi connectivity index (χ1n) is 7.22. The molecule has 0 aliphatic carbocycles. The van der Waals surface area contributed by atoms with Crippen LogP contribution in [0, 0.1) is 18.6 Å². The van der Waals surface area contributed by atoms with E-state index in [0.717, 1.165) is 10.9 Å². The molecule has 3 rings (SSSR count). The van der Waals surface area contributed by atoms with Crippen molar-refractivity contribution in [1.82, 2.24) is 0 Å². The van der Waals surface area contributed by atoms with Gasteiger partial charge in [0.2, 0.25) is 0 Å². The number of rotatable bonds is 3. The van der Waals surface area contributed by atoms with Crippen LogP contribution in [-0.4, -0.2) is 0 Å². The Bertz CT molecular complexity index is 825. The van der Waals surface area contributed by atoms with Crippen molar-refractivity contribution in [2.45, 2.75) is 6.92 Å². The van der Waals surface area contributed by atoms with E-state index in [9.17, 15) is 8.78 Å². The van der Waals surface area contributed by atoms with Crippen molar-refractivity contribution in [3.05, 3.63) is 77.9 Å². The number of halogens is 2. The molecule has 2 atom stereocenters. The molecule has 0 aromatic heterocycles. The van der Waals surface area contributed by atoms with Crippen LogP contribution in [0.1, 0.15) is 5.56 Å². The van der Waals surface area contributed by atoms with E-state index in [1.165, 1.54) is 0 Å². The molecule has 23 heavy (non-hydrogen) atoms. The van der Waals surface area contributed by atoms with Gasteiger partial charge in [-0.1, -0.05) is 74.5 Å². The highest BCUT2D eigenvalue weighted by Gasteiger charge is 2.15. The average Bonchev–Trinajstić information content (AvgIpc) is 2.58.